The van der Waals surface area contributed by atoms with Gasteiger partial charge in [0, 0.05) is 29.5 Å². The Balaban J connectivity index is 1.97. The van der Waals surface area contributed by atoms with E-state index in [4.69, 9.17) is 0 Å². The minimum absolute atomic E-state index is 0.160. The van der Waals surface area contributed by atoms with E-state index in [2.05, 4.69) is 26.2 Å². The fourth-order valence-corrected chi connectivity index (χ4v) is 2.57. The molecule has 132 valence electrons. The molecule has 0 atom stereocenters. The third-order valence-electron chi connectivity index (χ3n) is 3.47. The molecule has 2 rings (SSSR count). The van der Waals surface area contributed by atoms with Crippen LogP contribution in [0.5, 0.6) is 0 Å². The first-order valence-corrected chi connectivity index (χ1v) is 8.15. The third-order valence-corrected chi connectivity index (χ3v) is 3.96. The number of nitrogens with one attached hydrogen (secondary N) is 2. The average Bonchev–Trinajstić information content (AvgIpc) is 2.52. The second-order valence-electron chi connectivity index (χ2n) is 5.50. The summed E-state index contributed by atoms with van der Waals surface area (Å²) in [7, 11) is 1.47. The molecule has 0 aliphatic carbocycles. The van der Waals surface area contributed by atoms with Gasteiger partial charge in [0.15, 0.2) is 0 Å². The zero-order valence-corrected chi connectivity index (χ0v) is 15.3. The lowest BCUT2D eigenvalue weighted by Crippen LogP contribution is -2.39. The van der Waals surface area contributed by atoms with Gasteiger partial charge in [-0.1, -0.05) is 15.9 Å². The van der Waals surface area contributed by atoms with Crippen LogP contribution in [0.3, 0.4) is 0 Å². The lowest BCUT2D eigenvalue weighted by molar-refractivity contribution is -0.133. The molecule has 2 N–H and O–H groups in total. The first kappa shape index (κ1) is 18.7. The Kier molecular flexibility index (Phi) is 5.92. The Morgan fingerprint density at radius 2 is 2.00 bits per heavy atom. The van der Waals surface area contributed by atoms with E-state index in [1.807, 2.05) is 13.0 Å². The summed E-state index contributed by atoms with van der Waals surface area (Å²) in [6, 6.07) is 6.59. The van der Waals surface area contributed by atoms with E-state index in [1.54, 1.807) is 12.1 Å². The number of halogens is 1. The molecule has 9 heteroatoms. The number of H-pyrrole nitrogens is 1. The molecule has 1 aromatic carbocycles. The van der Waals surface area contributed by atoms with Gasteiger partial charge in [0.05, 0.1) is 6.54 Å². The van der Waals surface area contributed by atoms with E-state index in [-0.39, 0.29) is 19.0 Å². The zero-order valence-electron chi connectivity index (χ0n) is 13.7. The van der Waals surface area contributed by atoms with Gasteiger partial charge >= 0.3 is 5.69 Å². The highest BCUT2D eigenvalue weighted by Gasteiger charge is 2.15. The van der Waals surface area contributed by atoms with Crippen molar-refractivity contribution in [1.29, 1.82) is 0 Å². The molecule has 0 aliphatic heterocycles. The number of likely N-dealkylation sites (N-methyl/N-ethyl adjacent to an activating group) is 1. The summed E-state index contributed by atoms with van der Waals surface area (Å²) >= 11 is 3.35. The standard InChI is InChI=1S/C16H17BrN4O4/c1-10-7-11(17)3-4-12(10)18-14(23)8-20(2)15(24)9-21-6-5-13(22)19-16(21)25/h3-7H,8-9H2,1-2H3,(H,18,23)(H,19,22,25). The van der Waals surface area contributed by atoms with Gasteiger partial charge in [-0.2, -0.15) is 0 Å². The van der Waals surface area contributed by atoms with Crippen LogP contribution in [0.25, 0.3) is 0 Å². The number of amides is 2. The van der Waals surface area contributed by atoms with Crippen molar-refractivity contribution in [2.24, 2.45) is 0 Å². The van der Waals surface area contributed by atoms with Crippen LogP contribution < -0.4 is 16.6 Å². The zero-order chi connectivity index (χ0) is 18.6. The Hall–Kier alpha value is -2.68. The summed E-state index contributed by atoms with van der Waals surface area (Å²) in [5, 5.41) is 2.74. The van der Waals surface area contributed by atoms with Gasteiger partial charge in [-0.25, -0.2) is 4.79 Å². The van der Waals surface area contributed by atoms with Crippen LogP contribution in [0.2, 0.25) is 0 Å². The molecule has 0 unspecified atom stereocenters. The third kappa shape index (κ3) is 5.15. The molecule has 2 amide bonds. The Bertz CT molecular complexity index is 919. The molecule has 0 saturated carbocycles. The van der Waals surface area contributed by atoms with Crippen molar-refractivity contribution >= 4 is 33.4 Å². The molecular weight excluding hydrogens is 392 g/mol. The highest BCUT2D eigenvalue weighted by molar-refractivity contribution is 9.10. The quantitative estimate of drug-likeness (QED) is 0.759. The lowest BCUT2D eigenvalue weighted by Gasteiger charge is -2.18. The predicted molar refractivity (Wildman–Crippen MR) is 96.5 cm³/mol. The molecule has 8 nitrogen and oxygen atoms in total. The first-order chi connectivity index (χ1) is 11.8. The number of benzene rings is 1. The summed E-state index contributed by atoms with van der Waals surface area (Å²) in [5.74, 6) is -0.785. The number of carbonyl (C=O) groups excluding carboxylic acids is 2. The Labute approximate surface area is 151 Å². The average molecular weight is 409 g/mol. The van der Waals surface area contributed by atoms with Gasteiger partial charge in [0.1, 0.15) is 6.54 Å². The van der Waals surface area contributed by atoms with Crippen LogP contribution in [0.1, 0.15) is 5.56 Å². The fourth-order valence-electron chi connectivity index (χ4n) is 2.10. The molecule has 1 aromatic heterocycles. The summed E-state index contributed by atoms with van der Waals surface area (Å²) in [4.78, 5) is 50.1. The second-order valence-corrected chi connectivity index (χ2v) is 6.41. The maximum atomic E-state index is 12.1. The largest absolute Gasteiger partial charge is 0.335 e. The van der Waals surface area contributed by atoms with Crippen molar-refractivity contribution in [3.8, 4) is 0 Å². The van der Waals surface area contributed by atoms with Crippen molar-refractivity contribution < 1.29 is 9.59 Å². The number of hydrogen-bond donors (Lipinski definition) is 2. The molecule has 0 fully saturated rings. The number of rotatable bonds is 5. The lowest BCUT2D eigenvalue weighted by atomic mass is 10.2. The molecule has 0 aliphatic rings. The Morgan fingerprint density at radius 3 is 2.64 bits per heavy atom. The molecule has 2 aromatic rings. The Morgan fingerprint density at radius 1 is 1.28 bits per heavy atom. The first-order valence-electron chi connectivity index (χ1n) is 7.36. The van der Waals surface area contributed by atoms with Crippen molar-refractivity contribution in [2.45, 2.75) is 13.5 Å². The van der Waals surface area contributed by atoms with Gasteiger partial charge in [0.2, 0.25) is 11.8 Å². The van der Waals surface area contributed by atoms with Crippen molar-refractivity contribution in [3.63, 3.8) is 0 Å². The molecule has 0 radical (unpaired) electrons. The predicted octanol–water partition coefficient (Wildman–Crippen LogP) is 0.705. The van der Waals surface area contributed by atoms with E-state index in [1.165, 1.54) is 18.1 Å². The summed E-state index contributed by atoms with van der Waals surface area (Å²) in [5.41, 5.74) is 0.331. The van der Waals surface area contributed by atoms with Crippen molar-refractivity contribution in [2.75, 3.05) is 18.9 Å². The molecule has 0 spiro atoms. The van der Waals surface area contributed by atoms with Crippen LogP contribution in [-0.2, 0) is 16.1 Å². The topological polar surface area (TPSA) is 104 Å². The van der Waals surface area contributed by atoms with Crippen LogP contribution in [0.4, 0.5) is 5.69 Å². The fraction of sp³-hybridized carbons (Fsp3) is 0.250. The maximum Gasteiger partial charge on any atom is 0.328 e. The van der Waals surface area contributed by atoms with Gasteiger partial charge in [-0.3, -0.25) is 23.9 Å². The van der Waals surface area contributed by atoms with Crippen molar-refractivity contribution in [1.82, 2.24) is 14.5 Å². The van der Waals surface area contributed by atoms with Crippen molar-refractivity contribution in [3.05, 3.63) is 61.3 Å². The molecule has 0 saturated heterocycles. The smallest absolute Gasteiger partial charge is 0.328 e. The highest BCUT2D eigenvalue weighted by atomic mass is 79.9. The minimum atomic E-state index is -0.677. The number of aromatic amines is 1. The number of aromatic nitrogens is 2. The van der Waals surface area contributed by atoms with Crippen LogP contribution in [-0.4, -0.2) is 39.9 Å². The minimum Gasteiger partial charge on any atom is -0.335 e. The number of hydrogen-bond acceptors (Lipinski definition) is 4. The molecule has 1 heterocycles. The van der Waals surface area contributed by atoms with Crippen LogP contribution in [0.15, 0.2) is 44.5 Å². The van der Waals surface area contributed by atoms with Gasteiger partial charge in [-0.15, -0.1) is 0 Å². The highest BCUT2D eigenvalue weighted by Crippen LogP contribution is 2.19. The molecule has 0 bridgehead atoms. The van der Waals surface area contributed by atoms with E-state index >= 15 is 0 Å². The SMILES string of the molecule is Cc1cc(Br)ccc1NC(=O)CN(C)C(=O)Cn1ccc(=O)[nH]c1=O. The number of aryl methyl sites for hydroxylation is 1. The molecular formula is C16H17BrN4O4. The monoisotopic (exact) mass is 408 g/mol. The normalized spacial score (nSPS) is 10.4. The van der Waals surface area contributed by atoms with Gasteiger partial charge < -0.3 is 10.2 Å². The van der Waals surface area contributed by atoms with Gasteiger partial charge in [0.25, 0.3) is 5.56 Å². The summed E-state index contributed by atoms with van der Waals surface area (Å²) in [6.07, 6.45) is 1.23. The van der Waals surface area contributed by atoms with Crippen LogP contribution >= 0.6 is 15.9 Å². The van der Waals surface area contributed by atoms with E-state index in [0.29, 0.717) is 5.69 Å². The number of anilines is 1. The number of carbonyl (C=O) groups is 2. The second kappa shape index (κ2) is 7.93. The number of nitrogens with zero attached hydrogens (tertiary/aromatic N) is 2. The van der Waals surface area contributed by atoms with Crippen LogP contribution in [0, 0.1) is 6.92 Å². The summed E-state index contributed by atoms with van der Waals surface area (Å²) in [6.45, 7) is 1.43. The summed E-state index contributed by atoms with van der Waals surface area (Å²) < 4.78 is 1.97. The maximum absolute atomic E-state index is 12.1. The molecule has 25 heavy (non-hydrogen) atoms. The van der Waals surface area contributed by atoms with E-state index < -0.39 is 17.2 Å². The van der Waals surface area contributed by atoms with Gasteiger partial charge in [-0.05, 0) is 30.7 Å². The van der Waals surface area contributed by atoms with E-state index in [9.17, 15) is 19.2 Å². The van der Waals surface area contributed by atoms with E-state index in [0.717, 1.165) is 20.7 Å².